The Morgan fingerprint density at radius 1 is 1.36 bits per heavy atom. The van der Waals surface area contributed by atoms with Crippen LogP contribution in [0.3, 0.4) is 0 Å². The minimum atomic E-state index is 0.794. The SMILES string of the molecule is O=C=[N+]1C=Nc2ccccc21. The van der Waals surface area contributed by atoms with E-state index in [4.69, 9.17) is 0 Å². The second-order valence-electron chi connectivity index (χ2n) is 2.19. The summed E-state index contributed by atoms with van der Waals surface area (Å²) in [5.41, 5.74) is 1.61. The van der Waals surface area contributed by atoms with E-state index in [2.05, 4.69) is 4.99 Å². The maximum absolute atomic E-state index is 10.3. The molecule has 0 aromatic heterocycles. The fourth-order valence-corrected chi connectivity index (χ4v) is 1.03. The van der Waals surface area contributed by atoms with E-state index in [1.165, 1.54) is 10.9 Å². The van der Waals surface area contributed by atoms with Crippen LogP contribution in [0.5, 0.6) is 0 Å². The van der Waals surface area contributed by atoms with Gasteiger partial charge in [0.2, 0.25) is 5.69 Å². The number of para-hydroxylation sites is 2. The van der Waals surface area contributed by atoms with Crippen molar-refractivity contribution in [2.24, 2.45) is 4.99 Å². The lowest BCUT2D eigenvalue weighted by atomic mass is 10.3. The monoisotopic (exact) mass is 145 g/mol. The first-order valence-corrected chi connectivity index (χ1v) is 3.22. The van der Waals surface area contributed by atoms with Crippen LogP contribution in [0.2, 0.25) is 0 Å². The van der Waals surface area contributed by atoms with Gasteiger partial charge in [-0.2, -0.15) is 4.79 Å². The smallest absolute Gasteiger partial charge is 0.185 e. The predicted octanol–water partition coefficient (Wildman–Crippen LogP) is 1.34. The minimum absolute atomic E-state index is 0.794. The fraction of sp³-hybridized carbons (Fsp3) is 0. The van der Waals surface area contributed by atoms with Crippen molar-refractivity contribution in [2.45, 2.75) is 0 Å². The Balaban J connectivity index is 2.72. The Morgan fingerprint density at radius 3 is 3.00 bits per heavy atom. The molecule has 1 aromatic carbocycles. The molecule has 0 spiro atoms. The summed E-state index contributed by atoms with van der Waals surface area (Å²) in [4.78, 5) is 14.3. The number of nitrogens with zero attached hydrogens (tertiary/aromatic N) is 2. The van der Waals surface area contributed by atoms with Crippen LogP contribution in [-0.2, 0) is 4.79 Å². The molecule has 1 aliphatic rings. The molecule has 0 radical (unpaired) electrons. The van der Waals surface area contributed by atoms with Crippen LogP contribution >= 0.6 is 0 Å². The van der Waals surface area contributed by atoms with Gasteiger partial charge in [0.05, 0.1) is 0 Å². The van der Waals surface area contributed by atoms with E-state index in [9.17, 15) is 4.79 Å². The number of isocyanates is 1. The van der Waals surface area contributed by atoms with E-state index in [1.807, 2.05) is 24.3 Å². The highest BCUT2D eigenvalue weighted by Gasteiger charge is 2.19. The summed E-state index contributed by atoms with van der Waals surface area (Å²) >= 11 is 0. The zero-order chi connectivity index (χ0) is 7.68. The minimum Gasteiger partial charge on any atom is -0.185 e. The molecule has 0 amide bonds. The van der Waals surface area contributed by atoms with Crippen molar-refractivity contribution in [1.29, 1.82) is 0 Å². The molecule has 11 heavy (non-hydrogen) atoms. The summed E-state index contributed by atoms with van der Waals surface area (Å²) in [5, 5.41) is 0. The third-order valence-corrected chi connectivity index (χ3v) is 1.55. The molecular weight excluding hydrogens is 140 g/mol. The van der Waals surface area contributed by atoms with Crippen molar-refractivity contribution in [3.63, 3.8) is 0 Å². The van der Waals surface area contributed by atoms with Crippen molar-refractivity contribution >= 4 is 23.8 Å². The highest BCUT2D eigenvalue weighted by Crippen LogP contribution is 2.29. The summed E-state index contributed by atoms with van der Waals surface area (Å²) in [6.07, 6.45) is 3.21. The molecule has 1 aliphatic heterocycles. The molecule has 0 aliphatic carbocycles. The summed E-state index contributed by atoms with van der Waals surface area (Å²) in [6, 6.07) is 7.42. The molecular formula is C8H5N2O+. The Hall–Kier alpha value is -1.73. The maximum Gasteiger partial charge on any atom is 0.331 e. The number of benzene rings is 1. The molecule has 2 rings (SSSR count). The van der Waals surface area contributed by atoms with Crippen molar-refractivity contribution in [3.8, 4) is 0 Å². The number of hydrogen-bond acceptors (Lipinski definition) is 2. The number of hydrogen-bond donors (Lipinski definition) is 0. The van der Waals surface area contributed by atoms with Crippen molar-refractivity contribution in [2.75, 3.05) is 0 Å². The van der Waals surface area contributed by atoms with Gasteiger partial charge in [-0.3, -0.25) is 0 Å². The lowest BCUT2D eigenvalue weighted by Gasteiger charge is -1.86. The van der Waals surface area contributed by atoms with Crippen LogP contribution in [0.1, 0.15) is 0 Å². The first kappa shape index (κ1) is 6.01. The standard InChI is InChI=1S/C8H5N2O/c11-6-10-5-9-7-3-1-2-4-8(7)10/h1-5H/q+1. The quantitative estimate of drug-likeness (QED) is 0.400. The normalized spacial score (nSPS) is 12.9. The average Bonchev–Trinajstić information content (AvgIpc) is 2.47. The molecule has 0 fully saturated rings. The maximum atomic E-state index is 10.3. The largest absolute Gasteiger partial charge is 0.331 e. The van der Waals surface area contributed by atoms with Gasteiger partial charge in [-0.25, -0.2) is 0 Å². The van der Waals surface area contributed by atoms with Crippen LogP contribution < -0.4 is 0 Å². The lowest BCUT2D eigenvalue weighted by Crippen LogP contribution is -1.93. The molecule has 0 saturated carbocycles. The zero-order valence-electron chi connectivity index (χ0n) is 5.69. The van der Waals surface area contributed by atoms with Gasteiger partial charge in [0.1, 0.15) is 0 Å². The van der Waals surface area contributed by atoms with Crippen LogP contribution in [0.4, 0.5) is 11.4 Å². The van der Waals surface area contributed by atoms with Gasteiger partial charge in [0, 0.05) is 0 Å². The Labute approximate surface area is 63.3 Å². The number of carbonyl (C=O) groups excluding carboxylic acids is 1. The second kappa shape index (κ2) is 2.15. The van der Waals surface area contributed by atoms with Gasteiger partial charge >= 0.3 is 12.4 Å². The number of fused-ring (bicyclic) bond motifs is 1. The lowest BCUT2D eigenvalue weighted by molar-refractivity contribution is -0.286. The predicted molar refractivity (Wildman–Crippen MR) is 40.2 cm³/mol. The summed E-state index contributed by atoms with van der Waals surface area (Å²) in [6.45, 7) is 0. The van der Waals surface area contributed by atoms with Gasteiger partial charge in [0.25, 0.3) is 0 Å². The van der Waals surface area contributed by atoms with Crippen molar-refractivity contribution in [3.05, 3.63) is 24.3 Å². The molecule has 1 heterocycles. The van der Waals surface area contributed by atoms with E-state index < -0.39 is 0 Å². The molecule has 0 atom stereocenters. The Kier molecular flexibility index (Phi) is 1.17. The van der Waals surface area contributed by atoms with Crippen LogP contribution in [0.15, 0.2) is 29.3 Å². The van der Waals surface area contributed by atoms with Crippen LogP contribution in [0, 0.1) is 0 Å². The van der Waals surface area contributed by atoms with E-state index in [1.54, 1.807) is 6.08 Å². The van der Waals surface area contributed by atoms with Gasteiger partial charge in [-0.1, -0.05) is 12.1 Å². The van der Waals surface area contributed by atoms with Gasteiger partial charge in [-0.05, 0) is 17.1 Å². The Morgan fingerprint density at radius 2 is 2.18 bits per heavy atom. The first-order valence-electron chi connectivity index (χ1n) is 3.22. The third kappa shape index (κ3) is 0.791. The summed E-state index contributed by atoms with van der Waals surface area (Å²) < 4.78 is 1.33. The van der Waals surface area contributed by atoms with Gasteiger partial charge < -0.3 is 0 Å². The second-order valence-corrected chi connectivity index (χ2v) is 2.19. The highest BCUT2D eigenvalue weighted by atomic mass is 16.1. The zero-order valence-corrected chi connectivity index (χ0v) is 5.69. The molecule has 0 unspecified atom stereocenters. The van der Waals surface area contributed by atoms with E-state index in [-0.39, 0.29) is 0 Å². The van der Waals surface area contributed by atoms with Crippen LogP contribution in [-0.4, -0.2) is 17.0 Å². The molecule has 0 N–H and O–H groups in total. The Bertz CT molecular complexity index is 375. The number of aliphatic imine (C=N–C) groups is 1. The molecule has 3 nitrogen and oxygen atoms in total. The molecule has 1 aromatic rings. The molecule has 0 saturated heterocycles. The van der Waals surface area contributed by atoms with Crippen molar-refractivity contribution < 1.29 is 9.37 Å². The van der Waals surface area contributed by atoms with Gasteiger partial charge in [-0.15, -0.1) is 4.58 Å². The third-order valence-electron chi connectivity index (χ3n) is 1.55. The van der Waals surface area contributed by atoms with E-state index >= 15 is 0 Å². The molecule has 0 bridgehead atoms. The average molecular weight is 145 g/mol. The van der Waals surface area contributed by atoms with E-state index in [0.717, 1.165) is 11.4 Å². The van der Waals surface area contributed by atoms with Crippen LogP contribution in [0.25, 0.3) is 0 Å². The van der Waals surface area contributed by atoms with Crippen molar-refractivity contribution in [1.82, 2.24) is 0 Å². The van der Waals surface area contributed by atoms with Gasteiger partial charge in [0.15, 0.2) is 5.69 Å². The van der Waals surface area contributed by atoms with E-state index in [0.29, 0.717) is 0 Å². The first-order chi connectivity index (χ1) is 5.42. The highest BCUT2D eigenvalue weighted by molar-refractivity contribution is 5.74. The summed E-state index contributed by atoms with van der Waals surface area (Å²) in [7, 11) is 0. The number of rotatable bonds is 0. The molecule has 52 valence electrons. The fourth-order valence-electron chi connectivity index (χ4n) is 1.03. The summed E-state index contributed by atoms with van der Waals surface area (Å²) in [5.74, 6) is 0. The molecule has 3 heteroatoms. The topological polar surface area (TPSA) is 32.4 Å².